The summed E-state index contributed by atoms with van der Waals surface area (Å²) in [7, 11) is -3.83. The average molecular weight is 415 g/mol. The maximum absolute atomic E-state index is 12.0. The molecular formula is C15H15BrN2O3S2. The predicted molar refractivity (Wildman–Crippen MR) is 97.0 cm³/mol. The number of primary sulfonamides is 1. The van der Waals surface area contributed by atoms with E-state index in [1.165, 1.54) is 29.5 Å². The Morgan fingerprint density at radius 1 is 1.30 bits per heavy atom. The molecule has 5 nitrogen and oxygen atoms in total. The fourth-order valence-corrected chi connectivity index (χ4v) is 3.82. The number of hydrogen-bond acceptors (Lipinski definition) is 4. The summed E-state index contributed by atoms with van der Waals surface area (Å²) >= 11 is 4.85. The number of hydrogen-bond donors (Lipinski definition) is 2. The monoisotopic (exact) mass is 414 g/mol. The van der Waals surface area contributed by atoms with Crippen molar-refractivity contribution >= 4 is 55.0 Å². The van der Waals surface area contributed by atoms with Gasteiger partial charge in [-0.2, -0.15) is 0 Å². The summed E-state index contributed by atoms with van der Waals surface area (Å²) in [6.45, 7) is 3.57. The molecule has 0 bridgehead atoms. The maximum atomic E-state index is 12.0. The van der Waals surface area contributed by atoms with Gasteiger partial charge in [0.25, 0.3) is 0 Å². The lowest BCUT2D eigenvalue weighted by atomic mass is 10.1. The number of aryl methyl sites for hydroxylation is 1. The molecule has 0 unspecified atom stereocenters. The number of nitrogens with one attached hydrogen (secondary N) is 1. The fraction of sp³-hybridized carbons (Fsp3) is 0.133. The number of carbonyl (C=O) groups excluding carboxylic acids is 1. The number of anilines is 1. The molecule has 8 heteroatoms. The van der Waals surface area contributed by atoms with Crippen molar-refractivity contribution in [1.82, 2.24) is 0 Å². The highest BCUT2D eigenvalue weighted by atomic mass is 79.9. The zero-order chi connectivity index (χ0) is 17.2. The quantitative estimate of drug-likeness (QED) is 0.750. The van der Waals surface area contributed by atoms with E-state index in [4.69, 9.17) is 5.14 Å². The third-order valence-electron chi connectivity index (χ3n) is 3.22. The van der Waals surface area contributed by atoms with E-state index in [9.17, 15) is 13.2 Å². The Morgan fingerprint density at radius 3 is 2.57 bits per heavy atom. The van der Waals surface area contributed by atoms with Crippen molar-refractivity contribution in [2.24, 2.45) is 5.14 Å². The highest BCUT2D eigenvalue weighted by molar-refractivity contribution is 9.11. The van der Waals surface area contributed by atoms with Gasteiger partial charge in [0, 0.05) is 16.6 Å². The summed E-state index contributed by atoms with van der Waals surface area (Å²) in [5.74, 6) is -0.344. The van der Waals surface area contributed by atoms with Crippen LogP contribution in [-0.4, -0.2) is 14.3 Å². The number of carbonyl (C=O) groups is 1. The number of rotatable bonds is 4. The lowest BCUT2D eigenvalue weighted by Crippen LogP contribution is -2.15. The largest absolute Gasteiger partial charge is 0.322 e. The van der Waals surface area contributed by atoms with Gasteiger partial charge in [0.15, 0.2) is 0 Å². The normalized spacial score (nSPS) is 11.8. The summed E-state index contributed by atoms with van der Waals surface area (Å²) < 4.78 is 24.0. The van der Waals surface area contributed by atoms with Crippen molar-refractivity contribution in [2.75, 3.05) is 5.32 Å². The van der Waals surface area contributed by atoms with E-state index in [-0.39, 0.29) is 10.8 Å². The van der Waals surface area contributed by atoms with Crippen LogP contribution in [-0.2, 0) is 14.8 Å². The molecule has 0 spiro atoms. The topological polar surface area (TPSA) is 89.3 Å². The molecule has 1 aromatic carbocycles. The third-order valence-corrected chi connectivity index (χ3v) is 5.70. The molecule has 23 heavy (non-hydrogen) atoms. The van der Waals surface area contributed by atoms with Gasteiger partial charge >= 0.3 is 0 Å². The molecule has 0 saturated carbocycles. The van der Waals surface area contributed by atoms with Crippen LogP contribution >= 0.6 is 27.3 Å². The van der Waals surface area contributed by atoms with Gasteiger partial charge in [0.1, 0.15) is 0 Å². The zero-order valence-electron chi connectivity index (χ0n) is 12.5. The molecule has 3 N–H and O–H groups in total. The zero-order valence-corrected chi connectivity index (χ0v) is 15.7. The highest BCUT2D eigenvalue weighted by Gasteiger charge is 2.13. The van der Waals surface area contributed by atoms with E-state index >= 15 is 0 Å². The molecule has 1 heterocycles. The van der Waals surface area contributed by atoms with Crippen LogP contribution in [0.1, 0.15) is 16.0 Å². The third kappa shape index (κ3) is 4.74. The molecule has 0 radical (unpaired) electrons. The molecule has 1 aromatic heterocycles. The molecule has 1 amide bonds. The SMILES string of the molecule is Cc1cc(S(N)(=O)=O)cc(NC(=O)/C=C/c2ccc(Br)s2)c1C. The molecule has 122 valence electrons. The minimum atomic E-state index is -3.83. The smallest absolute Gasteiger partial charge is 0.248 e. The van der Waals surface area contributed by atoms with Crippen molar-refractivity contribution in [3.63, 3.8) is 0 Å². The summed E-state index contributed by atoms with van der Waals surface area (Å²) in [5.41, 5.74) is 1.95. The molecule has 0 fully saturated rings. The lowest BCUT2D eigenvalue weighted by Gasteiger charge is -2.11. The minimum Gasteiger partial charge on any atom is -0.322 e. The number of nitrogens with two attached hydrogens (primary N) is 1. The highest BCUT2D eigenvalue weighted by Crippen LogP contribution is 2.25. The van der Waals surface area contributed by atoms with Crippen LogP contribution in [0.4, 0.5) is 5.69 Å². The fourth-order valence-electron chi connectivity index (χ4n) is 1.87. The number of halogens is 1. The molecule has 0 saturated heterocycles. The van der Waals surface area contributed by atoms with Crippen molar-refractivity contribution < 1.29 is 13.2 Å². The summed E-state index contributed by atoms with van der Waals surface area (Å²) in [6, 6.07) is 6.63. The second-order valence-electron chi connectivity index (χ2n) is 4.92. The van der Waals surface area contributed by atoms with E-state index in [1.807, 2.05) is 12.1 Å². The number of amides is 1. The van der Waals surface area contributed by atoms with Crippen molar-refractivity contribution in [3.8, 4) is 0 Å². The van der Waals surface area contributed by atoms with Crippen LogP contribution in [0, 0.1) is 13.8 Å². The maximum Gasteiger partial charge on any atom is 0.248 e. The van der Waals surface area contributed by atoms with Crippen molar-refractivity contribution in [1.29, 1.82) is 0 Å². The molecular weight excluding hydrogens is 400 g/mol. The lowest BCUT2D eigenvalue weighted by molar-refractivity contribution is -0.111. The molecule has 0 aliphatic rings. The number of benzene rings is 1. The minimum absolute atomic E-state index is 0.0259. The first-order valence-corrected chi connectivity index (χ1v) is 9.71. The molecule has 0 aliphatic carbocycles. The van der Waals surface area contributed by atoms with Crippen molar-refractivity contribution in [2.45, 2.75) is 18.7 Å². The first-order chi connectivity index (χ1) is 10.7. The van der Waals surface area contributed by atoms with Crippen LogP contribution in [0.5, 0.6) is 0 Å². The van der Waals surface area contributed by atoms with Crippen LogP contribution in [0.2, 0.25) is 0 Å². The molecule has 2 rings (SSSR count). The van der Waals surface area contributed by atoms with Gasteiger partial charge in [-0.3, -0.25) is 4.79 Å². The summed E-state index contributed by atoms with van der Waals surface area (Å²) in [5, 5.41) is 7.84. The molecule has 0 atom stereocenters. The Labute approximate surface area is 147 Å². The van der Waals surface area contributed by atoms with E-state index < -0.39 is 10.0 Å². The Hall–Kier alpha value is -1.48. The Morgan fingerprint density at radius 2 is 2.00 bits per heavy atom. The number of thiophene rings is 1. The van der Waals surface area contributed by atoms with Crippen LogP contribution in [0.15, 0.2) is 39.0 Å². The summed E-state index contributed by atoms with van der Waals surface area (Å²) in [4.78, 5) is 12.9. The van der Waals surface area contributed by atoms with Crippen LogP contribution in [0.25, 0.3) is 6.08 Å². The molecule has 2 aromatic rings. The van der Waals surface area contributed by atoms with Gasteiger partial charge in [-0.1, -0.05) is 0 Å². The second-order valence-corrected chi connectivity index (χ2v) is 8.98. The van der Waals surface area contributed by atoms with Gasteiger partial charge in [-0.15, -0.1) is 11.3 Å². The van der Waals surface area contributed by atoms with E-state index in [0.29, 0.717) is 5.69 Å². The first-order valence-electron chi connectivity index (χ1n) is 6.55. The van der Waals surface area contributed by atoms with Crippen LogP contribution in [0.3, 0.4) is 0 Å². The Balaban J connectivity index is 2.23. The average Bonchev–Trinajstić information content (AvgIpc) is 2.86. The second kappa shape index (κ2) is 6.96. The Bertz CT molecular complexity index is 886. The van der Waals surface area contributed by atoms with Gasteiger partial charge in [0.2, 0.25) is 15.9 Å². The van der Waals surface area contributed by atoms with Gasteiger partial charge < -0.3 is 5.32 Å². The van der Waals surface area contributed by atoms with Gasteiger partial charge in [0.05, 0.1) is 8.68 Å². The number of sulfonamides is 1. The predicted octanol–water partition coefficient (Wildman–Crippen LogP) is 3.43. The van der Waals surface area contributed by atoms with Crippen molar-refractivity contribution in [3.05, 3.63) is 50.1 Å². The van der Waals surface area contributed by atoms with Gasteiger partial charge in [-0.25, -0.2) is 13.6 Å². The van der Waals surface area contributed by atoms with Crippen LogP contribution < -0.4 is 10.5 Å². The molecule has 0 aliphatic heterocycles. The van der Waals surface area contributed by atoms with E-state index in [2.05, 4.69) is 21.2 Å². The Kier molecular flexibility index (Phi) is 5.41. The van der Waals surface area contributed by atoms with E-state index in [1.54, 1.807) is 19.9 Å². The van der Waals surface area contributed by atoms with E-state index in [0.717, 1.165) is 19.8 Å². The standard InChI is InChI=1S/C15H15BrN2O3S2/c1-9-7-12(23(17,20)21)8-13(10(9)2)18-15(19)6-4-11-3-5-14(16)22-11/h3-8H,1-2H3,(H,18,19)(H2,17,20,21)/b6-4+. The summed E-state index contributed by atoms with van der Waals surface area (Å²) in [6.07, 6.45) is 3.09. The first kappa shape index (κ1) is 17.9. The van der Waals surface area contributed by atoms with Gasteiger partial charge in [-0.05, 0) is 71.2 Å².